The fourth-order valence-corrected chi connectivity index (χ4v) is 5.00. The Morgan fingerprint density at radius 3 is 2.64 bits per heavy atom. The van der Waals surface area contributed by atoms with E-state index in [1.807, 2.05) is 43.0 Å². The molecule has 1 aromatic heterocycles. The predicted molar refractivity (Wildman–Crippen MR) is 129 cm³/mol. The first-order chi connectivity index (χ1) is 16.0. The first-order valence-corrected chi connectivity index (χ1v) is 12.2. The quantitative estimate of drug-likeness (QED) is 0.464. The van der Waals surface area contributed by atoms with Crippen molar-refractivity contribution in [2.45, 2.75) is 32.7 Å². The van der Waals surface area contributed by atoms with Crippen molar-refractivity contribution in [1.29, 1.82) is 0 Å². The molecule has 0 saturated carbocycles. The summed E-state index contributed by atoms with van der Waals surface area (Å²) >= 11 is 1.71. The second-order valence-corrected chi connectivity index (χ2v) is 9.38. The maximum Gasteiger partial charge on any atom is 0.242 e. The van der Waals surface area contributed by atoms with Gasteiger partial charge in [0.1, 0.15) is 6.61 Å². The van der Waals surface area contributed by atoms with Gasteiger partial charge >= 0.3 is 0 Å². The van der Waals surface area contributed by atoms with Gasteiger partial charge < -0.3 is 24.0 Å². The number of para-hydroxylation sites is 2. The van der Waals surface area contributed by atoms with Crippen LogP contribution in [0.25, 0.3) is 0 Å². The molecule has 180 valence electrons. The fourth-order valence-electron chi connectivity index (χ4n) is 4.07. The molecule has 33 heavy (non-hydrogen) atoms. The molecular formula is C25H34N2O5S. The summed E-state index contributed by atoms with van der Waals surface area (Å²) in [7, 11) is 3.25. The Labute approximate surface area is 200 Å². The summed E-state index contributed by atoms with van der Waals surface area (Å²) in [5, 5.41) is 2.06. The molecule has 0 aliphatic carbocycles. The van der Waals surface area contributed by atoms with Crippen LogP contribution in [0.15, 0.2) is 35.7 Å². The molecule has 0 N–H and O–H groups in total. The minimum atomic E-state index is -0.215. The summed E-state index contributed by atoms with van der Waals surface area (Å²) in [6, 6.07) is 9.36. The normalized spacial score (nSPS) is 15.3. The molecule has 3 rings (SSSR count). The molecule has 0 unspecified atom stereocenters. The molecule has 1 aromatic carbocycles. The summed E-state index contributed by atoms with van der Waals surface area (Å²) in [6.45, 7) is 5.75. The van der Waals surface area contributed by atoms with E-state index in [9.17, 15) is 9.59 Å². The van der Waals surface area contributed by atoms with E-state index in [0.29, 0.717) is 44.2 Å². The van der Waals surface area contributed by atoms with Crippen LogP contribution in [0.4, 0.5) is 0 Å². The number of rotatable bonds is 11. The monoisotopic (exact) mass is 474 g/mol. The van der Waals surface area contributed by atoms with Crippen molar-refractivity contribution in [2.75, 3.05) is 47.1 Å². The van der Waals surface area contributed by atoms with Crippen LogP contribution in [0.5, 0.6) is 11.5 Å². The van der Waals surface area contributed by atoms with Crippen LogP contribution in [0, 0.1) is 5.92 Å². The van der Waals surface area contributed by atoms with Gasteiger partial charge in [0.25, 0.3) is 0 Å². The fraction of sp³-hybridized carbons (Fsp3) is 0.520. The van der Waals surface area contributed by atoms with E-state index in [1.54, 1.807) is 30.5 Å². The van der Waals surface area contributed by atoms with Crippen molar-refractivity contribution in [1.82, 2.24) is 9.80 Å². The third-order valence-corrected chi connectivity index (χ3v) is 6.79. The number of carbonyl (C=O) groups is 2. The van der Waals surface area contributed by atoms with Gasteiger partial charge in [0.2, 0.25) is 11.8 Å². The van der Waals surface area contributed by atoms with Crippen molar-refractivity contribution >= 4 is 23.2 Å². The van der Waals surface area contributed by atoms with Gasteiger partial charge in [-0.3, -0.25) is 9.59 Å². The third kappa shape index (κ3) is 6.26. The molecule has 8 heteroatoms. The molecule has 2 aromatic rings. The van der Waals surface area contributed by atoms with Crippen LogP contribution < -0.4 is 9.47 Å². The van der Waals surface area contributed by atoms with Crippen molar-refractivity contribution in [3.05, 3.63) is 46.2 Å². The number of fused-ring (bicyclic) bond motifs is 1. The van der Waals surface area contributed by atoms with E-state index >= 15 is 0 Å². The lowest BCUT2D eigenvalue weighted by atomic mass is 10.00. The number of carbonyl (C=O) groups excluding carboxylic acids is 2. The molecule has 7 nitrogen and oxygen atoms in total. The first kappa shape index (κ1) is 25.1. The maximum absolute atomic E-state index is 13.5. The number of thiophene rings is 1. The van der Waals surface area contributed by atoms with E-state index in [2.05, 4.69) is 11.4 Å². The number of amides is 2. The summed E-state index contributed by atoms with van der Waals surface area (Å²) in [5.41, 5.74) is 1.12. The minimum absolute atomic E-state index is 0.0190. The van der Waals surface area contributed by atoms with Crippen LogP contribution in [-0.2, 0) is 20.7 Å². The van der Waals surface area contributed by atoms with Gasteiger partial charge in [-0.15, -0.1) is 11.3 Å². The van der Waals surface area contributed by atoms with E-state index in [1.165, 1.54) is 4.88 Å². The van der Waals surface area contributed by atoms with E-state index < -0.39 is 0 Å². The van der Waals surface area contributed by atoms with Gasteiger partial charge in [-0.1, -0.05) is 26.0 Å². The Bertz CT molecular complexity index is 929. The number of benzene rings is 1. The molecule has 0 spiro atoms. The van der Waals surface area contributed by atoms with Crippen molar-refractivity contribution in [2.24, 2.45) is 5.92 Å². The van der Waals surface area contributed by atoms with Gasteiger partial charge in [0.05, 0.1) is 19.7 Å². The zero-order valence-corrected chi connectivity index (χ0v) is 20.7. The van der Waals surface area contributed by atoms with Crippen molar-refractivity contribution < 1.29 is 23.8 Å². The summed E-state index contributed by atoms with van der Waals surface area (Å²) in [6.07, 6.45) is 1.50. The molecule has 0 fully saturated rings. The topological polar surface area (TPSA) is 68.3 Å². The zero-order valence-electron chi connectivity index (χ0n) is 19.9. The molecule has 0 radical (unpaired) electrons. The lowest BCUT2D eigenvalue weighted by molar-refractivity contribution is -0.144. The lowest BCUT2D eigenvalue weighted by Gasteiger charge is -2.37. The van der Waals surface area contributed by atoms with Gasteiger partial charge in [-0.05, 0) is 42.0 Å². The van der Waals surface area contributed by atoms with Gasteiger partial charge in [0.15, 0.2) is 11.5 Å². The second-order valence-electron chi connectivity index (χ2n) is 8.37. The average Bonchev–Trinajstić information content (AvgIpc) is 3.30. The molecular weight excluding hydrogens is 440 g/mol. The molecule has 0 saturated heterocycles. The highest BCUT2D eigenvalue weighted by Gasteiger charge is 2.33. The Morgan fingerprint density at radius 2 is 1.94 bits per heavy atom. The van der Waals surface area contributed by atoms with Gasteiger partial charge in [0, 0.05) is 37.6 Å². The summed E-state index contributed by atoms with van der Waals surface area (Å²) < 4.78 is 16.7. The molecule has 1 aliphatic rings. The molecule has 1 atom stereocenters. The Kier molecular flexibility index (Phi) is 9.14. The van der Waals surface area contributed by atoms with Crippen LogP contribution in [0.3, 0.4) is 0 Å². The van der Waals surface area contributed by atoms with Crippen molar-refractivity contribution in [3.63, 3.8) is 0 Å². The standard InChI is InChI=1S/C25H34N2O5S/c1-18(2)25(29)26(12-7-14-30-3)16-24(28)27-13-10-23-19(11-15-33-23)20(27)17-32-22-9-6-5-8-21(22)31-4/h5-6,8-9,11,15,18,20H,7,10,12-14,16-17H2,1-4H3/t20-/m1/s1. The summed E-state index contributed by atoms with van der Waals surface area (Å²) in [4.78, 5) is 31.0. The van der Waals surface area contributed by atoms with Gasteiger partial charge in [-0.2, -0.15) is 0 Å². The Hall–Kier alpha value is -2.58. The summed E-state index contributed by atoms with van der Waals surface area (Å²) in [5.74, 6) is 1.05. The smallest absolute Gasteiger partial charge is 0.242 e. The van der Waals surface area contributed by atoms with Crippen LogP contribution in [0.2, 0.25) is 0 Å². The number of hydrogen-bond donors (Lipinski definition) is 0. The minimum Gasteiger partial charge on any atom is -0.493 e. The molecule has 2 amide bonds. The van der Waals surface area contributed by atoms with E-state index in [4.69, 9.17) is 14.2 Å². The number of hydrogen-bond acceptors (Lipinski definition) is 6. The average molecular weight is 475 g/mol. The lowest BCUT2D eigenvalue weighted by Crippen LogP contribution is -2.48. The van der Waals surface area contributed by atoms with Gasteiger partial charge in [-0.25, -0.2) is 0 Å². The Morgan fingerprint density at radius 1 is 1.18 bits per heavy atom. The van der Waals surface area contributed by atoms with Crippen LogP contribution >= 0.6 is 11.3 Å². The van der Waals surface area contributed by atoms with Crippen LogP contribution in [0.1, 0.15) is 36.8 Å². The van der Waals surface area contributed by atoms with E-state index in [-0.39, 0.29) is 30.3 Å². The van der Waals surface area contributed by atoms with Crippen molar-refractivity contribution in [3.8, 4) is 11.5 Å². The highest BCUT2D eigenvalue weighted by molar-refractivity contribution is 7.10. The van der Waals surface area contributed by atoms with Crippen LogP contribution in [-0.4, -0.2) is 68.7 Å². The number of nitrogens with zero attached hydrogens (tertiary/aromatic N) is 2. The highest BCUT2D eigenvalue weighted by atomic mass is 32.1. The second kappa shape index (κ2) is 12.0. The largest absolute Gasteiger partial charge is 0.493 e. The SMILES string of the molecule is COCCCN(CC(=O)N1CCc2sccc2[C@H]1COc1ccccc1OC)C(=O)C(C)C. The maximum atomic E-state index is 13.5. The third-order valence-electron chi connectivity index (χ3n) is 5.79. The first-order valence-electron chi connectivity index (χ1n) is 11.4. The molecule has 0 bridgehead atoms. The van der Waals surface area contributed by atoms with E-state index in [0.717, 1.165) is 12.0 Å². The Balaban J connectivity index is 1.77. The zero-order chi connectivity index (χ0) is 23.8. The molecule has 1 aliphatic heterocycles. The highest BCUT2D eigenvalue weighted by Crippen LogP contribution is 2.35. The number of methoxy groups -OCH3 is 2. The predicted octanol–water partition coefficient (Wildman–Crippen LogP) is 3.78. The number of ether oxygens (including phenoxy) is 3. The molecule has 2 heterocycles.